The van der Waals surface area contributed by atoms with Crippen LogP contribution in [0.5, 0.6) is 11.5 Å². The van der Waals surface area contributed by atoms with E-state index in [0.29, 0.717) is 18.9 Å². The number of carbonyl (C=O) groups excluding carboxylic acids is 1. The number of hydrogen-bond acceptors (Lipinski definition) is 4. The molecule has 0 unspecified atom stereocenters. The summed E-state index contributed by atoms with van der Waals surface area (Å²) in [6, 6.07) is 25.8. The summed E-state index contributed by atoms with van der Waals surface area (Å²) in [7, 11) is 0. The molecule has 6 heteroatoms. The van der Waals surface area contributed by atoms with E-state index in [9.17, 15) is 4.79 Å². The van der Waals surface area contributed by atoms with Gasteiger partial charge in [0.25, 0.3) is 5.91 Å². The average molecular weight is 486 g/mol. The first-order chi connectivity index (χ1) is 17.7. The summed E-state index contributed by atoms with van der Waals surface area (Å²) < 4.78 is 13.8. The van der Waals surface area contributed by atoms with E-state index in [-0.39, 0.29) is 12.5 Å². The van der Waals surface area contributed by atoms with Crippen molar-refractivity contribution in [1.29, 1.82) is 0 Å². The quantitative estimate of drug-likeness (QED) is 0.232. The first-order valence-electron chi connectivity index (χ1n) is 12.8. The highest BCUT2D eigenvalue weighted by Crippen LogP contribution is 2.20. The molecule has 188 valence electrons. The topological polar surface area (TPSA) is 65.4 Å². The standard InChI is InChI=1S/C30H35N3O3/c1-24-13-7-10-18-28(24)35-22-12-21-33-27-17-9-8-16-26(27)32-29(33)19-6-3-11-20-31-30(34)23-36-25-14-4-2-5-15-25/h2,4-5,7-10,13-18H,3,6,11-12,19-23H2,1H3,(H,31,34). The largest absolute Gasteiger partial charge is 0.493 e. The van der Waals surface area contributed by atoms with Crippen LogP contribution in [0.25, 0.3) is 11.0 Å². The molecular formula is C30H35N3O3. The number of hydrogen-bond donors (Lipinski definition) is 1. The number of carbonyl (C=O) groups is 1. The second-order valence-corrected chi connectivity index (χ2v) is 8.90. The zero-order valence-corrected chi connectivity index (χ0v) is 21.0. The Balaban J connectivity index is 1.19. The van der Waals surface area contributed by atoms with Gasteiger partial charge in [0.05, 0.1) is 17.6 Å². The van der Waals surface area contributed by atoms with Gasteiger partial charge in [0.1, 0.15) is 17.3 Å². The maximum Gasteiger partial charge on any atom is 0.257 e. The molecule has 0 aliphatic heterocycles. The number of aryl methyl sites for hydroxylation is 3. The SMILES string of the molecule is Cc1ccccc1OCCCn1c(CCCCCNC(=O)COc2ccccc2)nc2ccccc21. The Kier molecular flexibility index (Phi) is 9.37. The number of unbranched alkanes of at least 4 members (excludes halogenated alkanes) is 2. The number of para-hydroxylation sites is 4. The van der Waals surface area contributed by atoms with Crippen LogP contribution in [0.2, 0.25) is 0 Å². The van der Waals surface area contributed by atoms with E-state index in [1.54, 1.807) is 0 Å². The van der Waals surface area contributed by atoms with Gasteiger partial charge in [0.15, 0.2) is 6.61 Å². The summed E-state index contributed by atoms with van der Waals surface area (Å²) in [4.78, 5) is 16.9. The summed E-state index contributed by atoms with van der Waals surface area (Å²) in [5, 5.41) is 2.94. The Bertz CT molecular complexity index is 1240. The third kappa shape index (κ3) is 7.35. The van der Waals surface area contributed by atoms with E-state index in [4.69, 9.17) is 14.5 Å². The van der Waals surface area contributed by atoms with Crippen molar-refractivity contribution >= 4 is 16.9 Å². The lowest BCUT2D eigenvalue weighted by atomic mass is 10.2. The first kappa shape index (κ1) is 25.3. The molecule has 0 spiro atoms. The molecule has 1 aromatic heterocycles. The average Bonchev–Trinajstić information content (AvgIpc) is 3.26. The summed E-state index contributed by atoms with van der Waals surface area (Å²) in [6.07, 6.45) is 4.82. The van der Waals surface area contributed by atoms with Gasteiger partial charge in [-0.05, 0) is 62.1 Å². The van der Waals surface area contributed by atoms with Crippen molar-refractivity contribution in [2.75, 3.05) is 19.8 Å². The van der Waals surface area contributed by atoms with E-state index in [1.807, 2.05) is 54.6 Å². The van der Waals surface area contributed by atoms with E-state index in [2.05, 4.69) is 41.1 Å². The number of nitrogens with zero attached hydrogens (tertiary/aromatic N) is 2. The minimum absolute atomic E-state index is 0.0432. The molecule has 36 heavy (non-hydrogen) atoms. The molecule has 4 aromatic rings. The van der Waals surface area contributed by atoms with Crippen molar-refractivity contribution in [2.24, 2.45) is 0 Å². The normalized spacial score (nSPS) is 10.9. The number of nitrogens with one attached hydrogen (secondary N) is 1. The third-order valence-electron chi connectivity index (χ3n) is 6.12. The molecule has 4 rings (SSSR count). The molecule has 0 saturated heterocycles. The highest BCUT2D eigenvalue weighted by molar-refractivity contribution is 5.77. The zero-order valence-electron chi connectivity index (χ0n) is 21.0. The van der Waals surface area contributed by atoms with Gasteiger partial charge in [-0.1, -0.05) is 55.0 Å². The molecule has 0 radical (unpaired) electrons. The lowest BCUT2D eigenvalue weighted by molar-refractivity contribution is -0.123. The fourth-order valence-corrected chi connectivity index (χ4v) is 4.22. The van der Waals surface area contributed by atoms with Crippen LogP contribution in [0.3, 0.4) is 0 Å². The second-order valence-electron chi connectivity index (χ2n) is 8.90. The Labute approximate surface area is 213 Å². The molecule has 1 heterocycles. The Morgan fingerprint density at radius 2 is 1.64 bits per heavy atom. The highest BCUT2D eigenvalue weighted by atomic mass is 16.5. The lowest BCUT2D eigenvalue weighted by Crippen LogP contribution is -2.29. The minimum Gasteiger partial charge on any atom is -0.493 e. The highest BCUT2D eigenvalue weighted by Gasteiger charge is 2.10. The molecular weight excluding hydrogens is 450 g/mol. The summed E-state index contributed by atoms with van der Waals surface area (Å²) in [5.74, 6) is 2.69. The van der Waals surface area contributed by atoms with Crippen molar-refractivity contribution in [3.8, 4) is 11.5 Å². The zero-order chi connectivity index (χ0) is 25.0. The fraction of sp³-hybridized carbons (Fsp3) is 0.333. The fourth-order valence-electron chi connectivity index (χ4n) is 4.22. The Morgan fingerprint density at radius 3 is 2.50 bits per heavy atom. The molecule has 0 bridgehead atoms. The van der Waals surface area contributed by atoms with Gasteiger partial charge in [0, 0.05) is 19.5 Å². The van der Waals surface area contributed by atoms with E-state index in [1.165, 1.54) is 5.52 Å². The van der Waals surface area contributed by atoms with Crippen LogP contribution in [-0.2, 0) is 17.8 Å². The lowest BCUT2D eigenvalue weighted by Gasteiger charge is -2.12. The summed E-state index contributed by atoms with van der Waals surface area (Å²) in [5.41, 5.74) is 3.37. The van der Waals surface area contributed by atoms with Crippen molar-refractivity contribution in [3.63, 3.8) is 0 Å². The van der Waals surface area contributed by atoms with Gasteiger partial charge in [0.2, 0.25) is 0 Å². The van der Waals surface area contributed by atoms with Crippen LogP contribution in [0.1, 0.15) is 37.1 Å². The monoisotopic (exact) mass is 485 g/mol. The number of amides is 1. The van der Waals surface area contributed by atoms with Crippen LogP contribution in [0.4, 0.5) is 0 Å². The summed E-state index contributed by atoms with van der Waals surface area (Å²) >= 11 is 0. The molecule has 1 N–H and O–H groups in total. The maximum absolute atomic E-state index is 12.0. The Morgan fingerprint density at radius 1 is 0.861 bits per heavy atom. The molecule has 3 aromatic carbocycles. The predicted molar refractivity (Wildman–Crippen MR) is 144 cm³/mol. The Hall–Kier alpha value is -3.80. The number of imidazole rings is 1. The number of fused-ring (bicyclic) bond motifs is 1. The molecule has 0 saturated carbocycles. The van der Waals surface area contributed by atoms with Crippen LogP contribution in [0.15, 0.2) is 78.9 Å². The maximum atomic E-state index is 12.0. The number of rotatable bonds is 14. The predicted octanol–water partition coefficient (Wildman–Crippen LogP) is 5.72. The minimum atomic E-state index is -0.0893. The van der Waals surface area contributed by atoms with Crippen molar-refractivity contribution in [1.82, 2.24) is 14.9 Å². The first-order valence-corrected chi connectivity index (χ1v) is 12.8. The second kappa shape index (κ2) is 13.3. The molecule has 0 atom stereocenters. The summed E-state index contributed by atoms with van der Waals surface area (Å²) in [6.45, 7) is 4.32. The third-order valence-corrected chi connectivity index (χ3v) is 6.12. The van der Waals surface area contributed by atoms with Gasteiger partial charge < -0.3 is 19.4 Å². The van der Waals surface area contributed by atoms with E-state index < -0.39 is 0 Å². The van der Waals surface area contributed by atoms with Gasteiger partial charge in [-0.25, -0.2) is 4.98 Å². The van der Waals surface area contributed by atoms with Crippen LogP contribution in [-0.4, -0.2) is 35.2 Å². The van der Waals surface area contributed by atoms with E-state index in [0.717, 1.165) is 61.3 Å². The number of benzene rings is 3. The number of aromatic nitrogens is 2. The number of ether oxygens (including phenoxy) is 2. The van der Waals surface area contributed by atoms with Crippen LogP contribution >= 0.6 is 0 Å². The van der Waals surface area contributed by atoms with Gasteiger partial charge >= 0.3 is 0 Å². The molecule has 6 nitrogen and oxygen atoms in total. The van der Waals surface area contributed by atoms with Gasteiger partial charge in [-0.15, -0.1) is 0 Å². The van der Waals surface area contributed by atoms with Gasteiger partial charge in [-0.3, -0.25) is 4.79 Å². The molecule has 0 aliphatic carbocycles. The molecule has 1 amide bonds. The van der Waals surface area contributed by atoms with E-state index >= 15 is 0 Å². The van der Waals surface area contributed by atoms with Crippen molar-refractivity contribution < 1.29 is 14.3 Å². The smallest absolute Gasteiger partial charge is 0.257 e. The molecule has 0 fully saturated rings. The van der Waals surface area contributed by atoms with Crippen molar-refractivity contribution in [2.45, 2.75) is 45.6 Å². The van der Waals surface area contributed by atoms with Gasteiger partial charge in [-0.2, -0.15) is 0 Å². The van der Waals surface area contributed by atoms with Crippen LogP contribution < -0.4 is 14.8 Å². The van der Waals surface area contributed by atoms with Crippen LogP contribution in [0, 0.1) is 6.92 Å². The van der Waals surface area contributed by atoms with Crippen molar-refractivity contribution in [3.05, 3.63) is 90.3 Å². The molecule has 0 aliphatic rings.